The fourth-order valence-electron chi connectivity index (χ4n) is 2.52. The first kappa shape index (κ1) is 16.1. The van der Waals surface area contributed by atoms with Gasteiger partial charge in [0.05, 0.1) is 7.11 Å². The quantitative estimate of drug-likeness (QED) is 0.815. The zero-order valence-corrected chi connectivity index (χ0v) is 13.0. The Bertz CT molecular complexity index is 420. The molecule has 1 fully saturated rings. The average molecular weight is 294 g/mol. The number of likely N-dealkylation sites (N-methyl/N-ethyl adjacent to an activating group) is 1. The molecule has 0 spiro atoms. The van der Waals surface area contributed by atoms with Crippen molar-refractivity contribution in [3.05, 3.63) is 24.3 Å². The minimum absolute atomic E-state index is 0.307. The number of aliphatic hydroxyl groups is 1. The van der Waals surface area contributed by atoms with E-state index in [1.165, 1.54) is 0 Å². The van der Waals surface area contributed by atoms with E-state index in [1.54, 1.807) is 7.11 Å². The summed E-state index contributed by atoms with van der Waals surface area (Å²) >= 11 is 0. The minimum Gasteiger partial charge on any atom is -0.497 e. The van der Waals surface area contributed by atoms with Crippen molar-refractivity contribution >= 4 is 0 Å². The number of hydrogen-bond donors (Lipinski definition) is 1. The number of rotatable bonds is 7. The summed E-state index contributed by atoms with van der Waals surface area (Å²) in [5, 5.41) is 10.1. The summed E-state index contributed by atoms with van der Waals surface area (Å²) in [6.45, 7) is 8.47. The molecule has 21 heavy (non-hydrogen) atoms. The summed E-state index contributed by atoms with van der Waals surface area (Å²) in [4.78, 5) is 4.72. The molecule has 1 aliphatic heterocycles. The third kappa shape index (κ3) is 5.19. The van der Waals surface area contributed by atoms with Gasteiger partial charge in [0.15, 0.2) is 0 Å². The second-order valence-electron chi connectivity index (χ2n) is 5.38. The molecule has 2 rings (SSSR count). The maximum absolute atomic E-state index is 10.1. The summed E-state index contributed by atoms with van der Waals surface area (Å²) in [6, 6.07) is 7.45. The fourth-order valence-corrected chi connectivity index (χ4v) is 2.52. The highest BCUT2D eigenvalue weighted by Crippen LogP contribution is 2.19. The van der Waals surface area contributed by atoms with Crippen LogP contribution in [0.15, 0.2) is 24.3 Å². The summed E-state index contributed by atoms with van der Waals surface area (Å²) < 4.78 is 10.8. The molecule has 1 saturated heterocycles. The van der Waals surface area contributed by atoms with E-state index >= 15 is 0 Å². The van der Waals surface area contributed by atoms with E-state index in [2.05, 4.69) is 16.7 Å². The van der Waals surface area contributed by atoms with Crippen molar-refractivity contribution in [1.82, 2.24) is 9.80 Å². The molecule has 1 aliphatic rings. The van der Waals surface area contributed by atoms with E-state index in [0.29, 0.717) is 13.2 Å². The number of aliphatic hydroxyl groups excluding tert-OH is 1. The molecule has 0 saturated carbocycles. The van der Waals surface area contributed by atoms with E-state index in [0.717, 1.165) is 44.2 Å². The number of piperazine rings is 1. The Hall–Kier alpha value is -1.30. The number of hydrogen-bond acceptors (Lipinski definition) is 5. The van der Waals surface area contributed by atoms with Crippen LogP contribution < -0.4 is 9.47 Å². The SMILES string of the molecule is CCN1CCN(CC(O)COc2cccc(OC)c2)CC1. The maximum atomic E-state index is 10.1. The van der Waals surface area contributed by atoms with Crippen molar-refractivity contribution in [1.29, 1.82) is 0 Å². The van der Waals surface area contributed by atoms with Crippen LogP contribution in [0.25, 0.3) is 0 Å². The van der Waals surface area contributed by atoms with Crippen LogP contribution in [-0.2, 0) is 0 Å². The van der Waals surface area contributed by atoms with Gasteiger partial charge in [-0.15, -0.1) is 0 Å². The molecule has 5 nitrogen and oxygen atoms in total. The van der Waals surface area contributed by atoms with Crippen molar-refractivity contribution < 1.29 is 14.6 Å². The van der Waals surface area contributed by atoms with Crippen LogP contribution in [0.3, 0.4) is 0 Å². The van der Waals surface area contributed by atoms with Crippen LogP contribution >= 0.6 is 0 Å². The van der Waals surface area contributed by atoms with Crippen molar-refractivity contribution in [2.45, 2.75) is 13.0 Å². The lowest BCUT2D eigenvalue weighted by atomic mass is 10.2. The van der Waals surface area contributed by atoms with Gasteiger partial charge in [-0.2, -0.15) is 0 Å². The third-order valence-corrected chi connectivity index (χ3v) is 3.86. The highest BCUT2D eigenvalue weighted by Gasteiger charge is 2.18. The predicted octanol–water partition coefficient (Wildman–Crippen LogP) is 1.07. The van der Waals surface area contributed by atoms with E-state index in [-0.39, 0.29) is 0 Å². The molecule has 5 heteroatoms. The summed E-state index contributed by atoms with van der Waals surface area (Å²) in [7, 11) is 1.63. The normalized spacial score (nSPS) is 18.4. The molecule has 1 atom stereocenters. The monoisotopic (exact) mass is 294 g/mol. The summed E-state index contributed by atoms with van der Waals surface area (Å²) in [6.07, 6.45) is -0.468. The lowest BCUT2D eigenvalue weighted by Gasteiger charge is -2.34. The maximum Gasteiger partial charge on any atom is 0.123 e. The van der Waals surface area contributed by atoms with Gasteiger partial charge in [-0.05, 0) is 18.7 Å². The first-order chi connectivity index (χ1) is 10.2. The third-order valence-electron chi connectivity index (χ3n) is 3.86. The predicted molar refractivity (Wildman–Crippen MR) is 83.0 cm³/mol. The fraction of sp³-hybridized carbons (Fsp3) is 0.625. The smallest absolute Gasteiger partial charge is 0.123 e. The van der Waals surface area contributed by atoms with Gasteiger partial charge in [-0.3, -0.25) is 4.90 Å². The number of nitrogens with zero attached hydrogens (tertiary/aromatic N) is 2. The largest absolute Gasteiger partial charge is 0.497 e. The van der Waals surface area contributed by atoms with E-state index in [4.69, 9.17) is 9.47 Å². The Balaban J connectivity index is 1.71. The van der Waals surface area contributed by atoms with Crippen LogP contribution in [0.5, 0.6) is 11.5 Å². The average Bonchev–Trinajstić information content (AvgIpc) is 2.54. The zero-order chi connectivity index (χ0) is 15.1. The Labute approximate surface area is 127 Å². The van der Waals surface area contributed by atoms with Crippen molar-refractivity contribution in [2.24, 2.45) is 0 Å². The van der Waals surface area contributed by atoms with Crippen molar-refractivity contribution in [3.8, 4) is 11.5 Å². The van der Waals surface area contributed by atoms with Gasteiger partial charge in [0.2, 0.25) is 0 Å². The summed E-state index contributed by atoms with van der Waals surface area (Å²) in [5.74, 6) is 1.49. The van der Waals surface area contributed by atoms with Gasteiger partial charge < -0.3 is 19.5 Å². The number of methoxy groups -OCH3 is 1. The van der Waals surface area contributed by atoms with Gasteiger partial charge in [0, 0.05) is 38.8 Å². The van der Waals surface area contributed by atoms with Crippen LogP contribution in [0.2, 0.25) is 0 Å². The molecule has 0 radical (unpaired) electrons. The molecule has 0 amide bonds. The first-order valence-electron chi connectivity index (χ1n) is 7.61. The first-order valence-corrected chi connectivity index (χ1v) is 7.61. The molecule has 1 aromatic carbocycles. The molecule has 1 heterocycles. The lowest BCUT2D eigenvalue weighted by molar-refractivity contribution is 0.0470. The van der Waals surface area contributed by atoms with E-state index < -0.39 is 6.10 Å². The molecule has 0 aromatic heterocycles. The number of β-amino-alcohol motifs (C(OH)–C–C–N with tert-alkyl or cyclic N) is 1. The highest BCUT2D eigenvalue weighted by atomic mass is 16.5. The van der Waals surface area contributed by atoms with Gasteiger partial charge in [0.25, 0.3) is 0 Å². The molecule has 1 unspecified atom stereocenters. The van der Waals surface area contributed by atoms with Crippen LogP contribution in [0, 0.1) is 0 Å². The molecule has 1 aromatic rings. The highest BCUT2D eigenvalue weighted by molar-refractivity contribution is 5.32. The Kier molecular flexibility index (Phi) is 6.29. The van der Waals surface area contributed by atoms with Gasteiger partial charge in [0.1, 0.15) is 24.2 Å². The van der Waals surface area contributed by atoms with Crippen LogP contribution in [0.4, 0.5) is 0 Å². The Morgan fingerprint density at radius 2 is 1.81 bits per heavy atom. The van der Waals surface area contributed by atoms with Gasteiger partial charge in [-0.1, -0.05) is 13.0 Å². The molecular weight excluding hydrogens is 268 g/mol. The van der Waals surface area contributed by atoms with Gasteiger partial charge >= 0.3 is 0 Å². The van der Waals surface area contributed by atoms with Crippen LogP contribution in [0.1, 0.15) is 6.92 Å². The van der Waals surface area contributed by atoms with Crippen molar-refractivity contribution in [2.75, 3.05) is 53.0 Å². The second-order valence-corrected chi connectivity index (χ2v) is 5.38. The molecule has 118 valence electrons. The number of benzene rings is 1. The zero-order valence-electron chi connectivity index (χ0n) is 13.0. The lowest BCUT2D eigenvalue weighted by Crippen LogP contribution is -2.49. The topological polar surface area (TPSA) is 45.2 Å². The number of ether oxygens (including phenoxy) is 2. The minimum atomic E-state index is -0.468. The summed E-state index contributed by atoms with van der Waals surface area (Å²) in [5.41, 5.74) is 0. The van der Waals surface area contributed by atoms with Crippen LogP contribution in [-0.4, -0.2) is 74.0 Å². The van der Waals surface area contributed by atoms with E-state index in [9.17, 15) is 5.11 Å². The molecular formula is C16H26N2O3. The standard InChI is InChI=1S/C16H26N2O3/c1-3-17-7-9-18(10-8-17)12-14(19)13-21-16-6-4-5-15(11-16)20-2/h4-6,11,14,19H,3,7-10,12-13H2,1-2H3. The molecule has 0 aliphatic carbocycles. The molecule has 0 bridgehead atoms. The van der Waals surface area contributed by atoms with Gasteiger partial charge in [-0.25, -0.2) is 0 Å². The van der Waals surface area contributed by atoms with Crippen molar-refractivity contribution in [3.63, 3.8) is 0 Å². The second kappa shape index (κ2) is 8.22. The Morgan fingerprint density at radius 3 is 2.48 bits per heavy atom. The Morgan fingerprint density at radius 1 is 1.14 bits per heavy atom. The van der Waals surface area contributed by atoms with E-state index in [1.807, 2.05) is 24.3 Å². The molecule has 1 N–H and O–H groups in total.